The Morgan fingerprint density at radius 3 is 2.59 bits per heavy atom. The zero-order valence-electron chi connectivity index (χ0n) is 10.7. The number of rotatable bonds is 2. The van der Waals surface area contributed by atoms with E-state index in [1.165, 1.54) is 37.1 Å². The Balaban J connectivity index is 2.13. The fourth-order valence-electron chi connectivity index (χ4n) is 2.35. The van der Waals surface area contributed by atoms with E-state index in [1.54, 1.807) is 5.57 Å². The van der Waals surface area contributed by atoms with Gasteiger partial charge in [0, 0.05) is 19.3 Å². The van der Waals surface area contributed by atoms with Crippen LogP contribution in [0, 0.1) is 0 Å². The Kier molecular flexibility index (Phi) is 3.79. The lowest BCUT2D eigenvalue weighted by Gasteiger charge is -2.28. The highest BCUT2D eigenvalue weighted by Gasteiger charge is 2.14. The van der Waals surface area contributed by atoms with Crippen molar-refractivity contribution in [3.63, 3.8) is 0 Å². The molecule has 1 aromatic rings. The summed E-state index contributed by atoms with van der Waals surface area (Å²) in [6.45, 7) is 7.96. The van der Waals surface area contributed by atoms with Crippen molar-refractivity contribution in [2.75, 3.05) is 25.4 Å². The third-order valence-electron chi connectivity index (χ3n) is 3.66. The largest absolute Gasteiger partial charge is 0.384 e. The molecule has 1 aliphatic heterocycles. The third-order valence-corrected chi connectivity index (χ3v) is 3.66. The molecule has 1 aliphatic rings. The van der Waals surface area contributed by atoms with Gasteiger partial charge in [0.15, 0.2) is 0 Å². The summed E-state index contributed by atoms with van der Waals surface area (Å²) in [5.74, 6) is 0.590. The second-order valence-corrected chi connectivity index (χ2v) is 4.63. The minimum absolute atomic E-state index is 0.590. The fraction of sp³-hybridized carbons (Fsp3) is 0.500. The molecule has 0 aliphatic carbocycles. The number of nitrogens with zero attached hydrogens (tertiary/aromatic N) is 2. The number of hydrogen-bond donors (Lipinski definition) is 1. The Morgan fingerprint density at radius 2 is 2.06 bits per heavy atom. The van der Waals surface area contributed by atoms with Crippen LogP contribution in [0.15, 0.2) is 23.9 Å². The molecule has 1 fully saturated rings. The van der Waals surface area contributed by atoms with Gasteiger partial charge < -0.3 is 10.6 Å². The molecule has 1 aromatic heterocycles. The molecule has 3 heteroatoms. The van der Waals surface area contributed by atoms with Crippen molar-refractivity contribution < 1.29 is 0 Å². The first-order chi connectivity index (χ1) is 8.20. The van der Waals surface area contributed by atoms with Gasteiger partial charge in [0.05, 0.1) is 0 Å². The monoisotopic (exact) mass is 231 g/mol. The third kappa shape index (κ3) is 2.86. The number of likely N-dealkylation sites (tertiary alicyclic amines) is 1. The van der Waals surface area contributed by atoms with Crippen LogP contribution in [0.1, 0.15) is 32.3 Å². The first-order valence-corrected chi connectivity index (χ1v) is 6.33. The van der Waals surface area contributed by atoms with E-state index in [4.69, 9.17) is 5.73 Å². The summed E-state index contributed by atoms with van der Waals surface area (Å²) in [4.78, 5) is 6.66. The van der Waals surface area contributed by atoms with Crippen molar-refractivity contribution in [3.8, 4) is 0 Å². The molecule has 3 nitrogen and oxygen atoms in total. The number of hydrogen-bond acceptors (Lipinski definition) is 3. The summed E-state index contributed by atoms with van der Waals surface area (Å²) in [5, 5.41) is 0. The molecule has 2 N–H and O–H groups in total. The Morgan fingerprint density at radius 1 is 1.35 bits per heavy atom. The van der Waals surface area contributed by atoms with Crippen LogP contribution in [0.5, 0.6) is 0 Å². The zero-order valence-corrected chi connectivity index (χ0v) is 10.7. The first kappa shape index (κ1) is 12.1. The summed E-state index contributed by atoms with van der Waals surface area (Å²) in [7, 11) is 0. The van der Waals surface area contributed by atoms with Crippen LogP contribution >= 0.6 is 0 Å². The van der Waals surface area contributed by atoms with Gasteiger partial charge in [0.2, 0.25) is 0 Å². The number of allylic oxidation sites excluding steroid dienone is 1. The molecule has 2 rings (SSSR count). The van der Waals surface area contributed by atoms with Gasteiger partial charge in [0.25, 0.3) is 0 Å². The maximum Gasteiger partial charge on any atom is 0.123 e. The molecule has 17 heavy (non-hydrogen) atoms. The molecule has 1 saturated heterocycles. The number of aromatic nitrogens is 1. The van der Waals surface area contributed by atoms with Gasteiger partial charge >= 0.3 is 0 Å². The van der Waals surface area contributed by atoms with Crippen molar-refractivity contribution in [2.45, 2.75) is 26.7 Å². The molecule has 0 unspecified atom stereocenters. The predicted molar refractivity (Wildman–Crippen MR) is 72.6 cm³/mol. The Hall–Kier alpha value is -1.35. The molecule has 0 radical (unpaired) electrons. The number of pyridine rings is 1. The van der Waals surface area contributed by atoms with Crippen LogP contribution in [0.4, 0.5) is 5.82 Å². The number of nitrogens with two attached hydrogens (primary N) is 1. The minimum atomic E-state index is 0.590. The number of anilines is 1. The van der Waals surface area contributed by atoms with Gasteiger partial charge in [-0.2, -0.15) is 0 Å². The summed E-state index contributed by atoms with van der Waals surface area (Å²) in [6.07, 6.45) is 4.25. The van der Waals surface area contributed by atoms with Crippen molar-refractivity contribution >= 4 is 11.4 Å². The van der Waals surface area contributed by atoms with Gasteiger partial charge in [-0.05, 0) is 49.6 Å². The van der Waals surface area contributed by atoms with Crippen LogP contribution in [0.3, 0.4) is 0 Å². The quantitative estimate of drug-likeness (QED) is 0.850. The summed E-state index contributed by atoms with van der Waals surface area (Å²) >= 11 is 0. The Labute approximate surface area is 103 Å². The lowest BCUT2D eigenvalue weighted by Crippen LogP contribution is -2.30. The van der Waals surface area contributed by atoms with Gasteiger partial charge in [-0.25, -0.2) is 4.98 Å². The Bertz CT molecular complexity index is 396. The topological polar surface area (TPSA) is 42.1 Å². The normalized spacial score (nSPS) is 17.2. The maximum atomic E-state index is 5.61. The van der Waals surface area contributed by atoms with Crippen molar-refractivity contribution in [1.82, 2.24) is 9.88 Å². The highest BCUT2D eigenvalue weighted by atomic mass is 15.1. The van der Waals surface area contributed by atoms with E-state index in [0.717, 1.165) is 6.54 Å². The van der Waals surface area contributed by atoms with Crippen LogP contribution in [-0.4, -0.2) is 29.5 Å². The van der Waals surface area contributed by atoms with Crippen molar-refractivity contribution in [2.24, 2.45) is 0 Å². The van der Waals surface area contributed by atoms with E-state index in [1.807, 2.05) is 12.3 Å². The highest BCUT2D eigenvalue weighted by molar-refractivity contribution is 5.67. The summed E-state index contributed by atoms with van der Waals surface area (Å²) in [6, 6.07) is 3.94. The average molecular weight is 231 g/mol. The maximum absolute atomic E-state index is 5.61. The van der Waals surface area contributed by atoms with Crippen molar-refractivity contribution in [3.05, 3.63) is 29.5 Å². The minimum Gasteiger partial charge on any atom is -0.384 e. The molecular weight excluding hydrogens is 210 g/mol. The summed E-state index contributed by atoms with van der Waals surface area (Å²) in [5.41, 5.74) is 9.77. The molecular formula is C14H21N3. The van der Waals surface area contributed by atoms with E-state index in [-0.39, 0.29) is 0 Å². The SMILES string of the molecule is CCN1CCC(=C(C)c2ccc(N)nc2)CC1. The van der Waals surface area contributed by atoms with Crippen LogP contribution in [-0.2, 0) is 0 Å². The summed E-state index contributed by atoms with van der Waals surface area (Å²) < 4.78 is 0. The van der Waals surface area contributed by atoms with E-state index in [9.17, 15) is 0 Å². The van der Waals surface area contributed by atoms with Gasteiger partial charge in [-0.15, -0.1) is 0 Å². The number of nitrogen functional groups attached to an aromatic ring is 1. The molecule has 2 heterocycles. The molecule has 0 spiro atoms. The van der Waals surface area contributed by atoms with E-state index in [0.29, 0.717) is 5.82 Å². The van der Waals surface area contributed by atoms with Gasteiger partial charge in [-0.1, -0.05) is 12.5 Å². The second-order valence-electron chi connectivity index (χ2n) is 4.63. The van der Waals surface area contributed by atoms with Crippen molar-refractivity contribution in [1.29, 1.82) is 0 Å². The smallest absolute Gasteiger partial charge is 0.123 e. The van der Waals surface area contributed by atoms with E-state index < -0.39 is 0 Å². The predicted octanol–water partition coefficient (Wildman–Crippen LogP) is 2.55. The average Bonchev–Trinajstić information content (AvgIpc) is 2.39. The molecule has 0 atom stereocenters. The van der Waals surface area contributed by atoms with E-state index in [2.05, 4.69) is 29.8 Å². The fourth-order valence-corrected chi connectivity index (χ4v) is 2.35. The van der Waals surface area contributed by atoms with Gasteiger partial charge in [-0.3, -0.25) is 0 Å². The number of piperidine rings is 1. The molecule has 0 amide bonds. The standard InChI is InChI=1S/C14H21N3/c1-3-17-8-6-12(7-9-17)11(2)13-4-5-14(15)16-10-13/h4-5,10H,3,6-9H2,1-2H3,(H2,15,16). The van der Waals surface area contributed by atoms with Gasteiger partial charge in [0.1, 0.15) is 5.82 Å². The first-order valence-electron chi connectivity index (χ1n) is 6.33. The molecule has 0 bridgehead atoms. The van der Waals surface area contributed by atoms with Crippen LogP contribution in [0.25, 0.3) is 5.57 Å². The lowest BCUT2D eigenvalue weighted by atomic mass is 9.95. The molecule has 0 aromatic carbocycles. The zero-order chi connectivity index (χ0) is 12.3. The molecule has 92 valence electrons. The van der Waals surface area contributed by atoms with Crippen LogP contribution < -0.4 is 5.73 Å². The van der Waals surface area contributed by atoms with Crippen LogP contribution in [0.2, 0.25) is 0 Å². The second kappa shape index (κ2) is 5.32. The van der Waals surface area contributed by atoms with E-state index >= 15 is 0 Å². The lowest BCUT2D eigenvalue weighted by molar-refractivity contribution is 0.270. The molecule has 0 saturated carbocycles. The highest BCUT2D eigenvalue weighted by Crippen LogP contribution is 2.26.